The Labute approximate surface area is 116 Å². The molecule has 1 N–H and O–H groups in total. The molecule has 100 valence electrons. The van der Waals surface area contributed by atoms with Gasteiger partial charge in [-0.3, -0.25) is 4.79 Å². The first-order chi connectivity index (χ1) is 8.99. The van der Waals surface area contributed by atoms with Gasteiger partial charge in [0.2, 0.25) is 0 Å². The molecule has 0 aliphatic rings. The largest absolute Gasteiger partial charge is 0.507 e. The number of amides is 1. The van der Waals surface area contributed by atoms with Crippen molar-refractivity contribution in [2.45, 2.75) is 20.4 Å². The molecule has 2 rings (SSSR count). The fourth-order valence-electron chi connectivity index (χ4n) is 1.79. The second kappa shape index (κ2) is 5.40. The van der Waals surface area contributed by atoms with Crippen LogP contribution in [0.2, 0.25) is 0 Å². The number of nitrogens with zero attached hydrogens (tertiary/aromatic N) is 2. The summed E-state index contributed by atoms with van der Waals surface area (Å²) in [5.41, 5.74) is 4.00. The standard InChI is InChI=1S/C14H16N2O2S/c1-9-4-5-12(17)11(6-9)14(18)16(3)7-13-10(2)15-8-19-13/h4-6,8,17H,7H2,1-3H3. The quantitative estimate of drug-likeness (QED) is 0.937. The number of carbonyl (C=O) groups is 1. The lowest BCUT2D eigenvalue weighted by molar-refractivity contribution is 0.0783. The molecule has 0 bridgehead atoms. The van der Waals surface area contributed by atoms with Gasteiger partial charge in [-0.05, 0) is 26.0 Å². The van der Waals surface area contributed by atoms with E-state index in [4.69, 9.17) is 0 Å². The van der Waals surface area contributed by atoms with E-state index in [0.717, 1.165) is 16.1 Å². The van der Waals surface area contributed by atoms with Crippen LogP contribution >= 0.6 is 11.3 Å². The number of hydrogen-bond acceptors (Lipinski definition) is 4. The van der Waals surface area contributed by atoms with E-state index in [1.165, 1.54) is 11.3 Å². The Balaban J connectivity index is 2.19. The van der Waals surface area contributed by atoms with Crippen LogP contribution in [0.3, 0.4) is 0 Å². The fourth-order valence-corrected chi connectivity index (χ4v) is 2.62. The number of aromatic nitrogens is 1. The maximum absolute atomic E-state index is 12.3. The Kier molecular flexibility index (Phi) is 3.85. The van der Waals surface area contributed by atoms with Gasteiger partial charge < -0.3 is 10.0 Å². The van der Waals surface area contributed by atoms with Gasteiger partial charge >= 0.3 is 0 Å². The number of rotatable bonds is 3. The summed E-state index contributed by atoms with van der Waals surface area (Å²) in [6.07, 6.45) is 0. The van der Waals surface area contributed by atoms with E-state index in [1.807, 2.05) is 13.8 Å². The molecule has 5 heteroatoms. The molecule has 0 saturated carbocycles. The number of phenols is 1. The lowest BCUT2D eigenvalue weighted by Crippen LogP contribution is -2.26. The second-order valence-corrected chi connectivity index (χ2v) is 5.48. The molecule has 4 nitrogen and oxygen atoms in total. The summed E-state index contributed by atoms with van der Waals surface area (Å²) in [5, 5.41) is 9.78. The Morgan fingerprint density at radius 3 is 2.79 bits per heavy atom. The first kappa shape index (κ1) is 13.5. The van der Waals surface area contributed by atoms with Crippen LogP contribution in [0.1, 0.15) is 26.5 Å². The SMILES string of the molecule is Cc1ccc(O)c(C(=O)N(C)Cc2scnc2C)c1. The van der Waals surface area contributed by atoms with E-state index < -0.39 is 0 Å². The summed E-state index contributed by atoms with van der Waals surface area (Å²) in [7, 11) is 1.73. The van der Waals surface area contributed by atoms with Crippen LogP contribution in [0.25, 0.3) is 0 Å². The Hall–Kier alpha value is -1.88. The molecule has 0 radical (unpaired) electrons. The molecule has 0 spiro atoms. The van der Waals surface area contributed by atoms with Crippen LogP contribution in [-0.2, 0) is 6.54 Å². The molecule has 0 saturated heterocycles. The lowest BCUT2D eigenvalue weighted by Gasteiger charge is -2.17. The third-order valence-electron chi connectivity index (χ3n) is 2.95. The van der Waals surface area contributed by atoms with Crippen molar-refractivity contribution in [1.82, 2.24) is 9.88 Å². The molecule has 0 atom stereocenters. The molecule has 1 amide bonds. The third-order valence-corrected chi connectivity index (χ3v) is 3.87. The van der Waals surface area contributed by atoms with Crippen molar-refractivity contribution >= 4 is 17.2 Å². The van der Waals surface area contributed by atoms with Gasteiger partial charge in [0, 0.05) is 11.9 Å². The molecular weight excluding hydrogens is 260 g/mol. The second-order valence-electron chi connectivity index (χ2n) is 4.54. The fraction of sp³-hybridized carbons (Fsp3) is 0.286. The van der Waals surface area contributed by atoms with E-state index in [-0.39, 0.29) is 11.7 Å². The van der Waals surface area contributed by atoms with E-state index in [9.17, 15) is 9.90 Å². The molecule has 1 aromatic heterocycles. The molecule has 0 aliphatic heterocycles. The summed E-state index contributed by atoms with van der Waals surface area (Å²) < 4.78 is 0. The van der Waals surface area contributed by atoms with Crippen molar-refractivity contribution in [2.75, 3.05) is 7.05 Å². The van der Waals surface area contributed by atoms with Gasteiger partial charge in [-0.2, -0.15) is 0 Å². The predicted molar refractivity (Wildman–Crippen MR) is 75.5 cm³/mol. The molecule has 0 unspecified atom stereocenters. The number of carbonyl (C=O) groups excluding carboxylic acids is 1. The number of aryl methyl sites for hydroxylation is 2. The summed E-state index contributed by atoms with van der Waals surface area (Å²) in [6.45, 7) is 4.32. The topological polar surface area (TPSA) is 53.4 Å². The molecule has 19 heavy (non-hydrogen) atoms. The normalized spacial score (nSPS) is 10.5. The van der Waals surface area contributed by atoms with Gasteiger partial charge in [0.1, 0.15) is 5.75 Å². The van der Waals surface area contributed by atoms with Gasteiger partial charge in [-0.15, -0.1) is 11.3 Å². The smallest absolute Gasteiger partial charge is 0.257 e. The van der Waals surface area contributed by atoms with Crippen LogP contribution in [0, 0.1) is 13.8 Å². The molecule has 1 heterocycles. The molecule has 0 fully saturated rings. The van der Waals surface area contributed by atoms with E-state index in [0.29, 0.717) is 12.1 Å². The number of phenolic OH excluding ortho intramolecular Hbond substituents is 1. The van der Waals surface area contributed by atoms with Crippen LogP contribution in [0.15, 0.2) is 23.7 Å². The number of hydrogen-bond donors (Lipinski definition) is 1. The zero-order chi connectivity index (χ0) is 14.0. The first-order valence-corrected chi connectivity index (χ1v) is 6.81. The van der Waals surface area contributed by atoms with Gasteiger partial charge in [-0.25, -0.2) is 4.98 Å². The minimum atomic E-state index is -0.186. The Bertz CT molecular complexity index is 607. The minimum absolute atomic E-state index is 0.0171. The highest BCUT2D eigenvalue weighted by atomic mass is 32.1. The van der Waals surface area contributed by atoms with Gasteiger partial charge in [0.25, 0.3) is 5.91 Å². The van der Waals surface area contributed by atoms with E-state index >= 15 is 0 Å². The molecule has 1 aromatic carbocycles. The Morgan fingerprint density at radius 1 is 1.42 bits per heavy atom. The van der Waals surface area contributed by atoms with Crippen LogP contribution in [0.5, 0.6) is 5.75 Å². The summed E-state index contributed by atoms with van der Waals surface area (Å²) in [4.78, 5) is 19.1. The summed E-state index contributed by atoms with van der Waals surface area (Å²) in [6, 6.07) is 5.03. The monoisotopic (exact) mass is 276 g/mol. The average molecular weight is 276 g/mol. The maximum atomic E-state index is 12.3. The minimum Gasteiger partial charge on any atom is -0.507 e. The van der Waals surface area contributed by atoms with Gasteiger partial charge in [0.05, 0.1) is 23.3 Å². The van der Waals surface area contributed by atoms with Crippen LogP contribution in [0.4, 0.5) is 0 Å². The zero-order valence-electron chi connectivity index (χ0n) is 11.2. The van der Waals surface area contributed by atoms with Crippen molar-refractivity contribution in [3.63, 3.8) is 0 Å². The van der Waals surface area contributed by atoms with Crippen molar-refractivity contribution in [3.8, 4) is 5.75 Å². The number of thiazole rings is 1. The first-order valence-electron chi connectivity index (χ1n) is 5.93. The van der Waals surface area contributed by atoms with Crippen molar-refractivity contribution in [3.05, 3.63) is 45.4 Å². The van der Waals surface area contributed by atoms with Crippen LogP contribution in [-0.4, -0.2) is 27.9 Å². The molecular formula is C14H16N2O2S. The van der Waals surface area contributed by atoms with Crippen molar-refractivity contribution in [1.29, 1.82) is 0 Å². The number of aromatic hydroxyl groups is 1. The average Bonchev–Trinajstić information content (AvgIpc) is 2.77. The summed E-state index contributed by atoms with van der Waals surface area (Å²) >= 11 is 1.53. The highest BCUT2D eigenvalue weighted by Crippen LogP contribution is 2.21. The van der Waals surface area contributed by atoms with E-state index in [2.05, 4.69) is 4.98 Å². The van der Waals surface area contributed by atoms with Crippen molar-refractivity contribution in [2.24, 2.45) is 0 Å². The zero-order valence-corrected chi connectivity index (χ0v) is 12.0. The maximum Gasteiger partial charge on any atom is 0.257 e. The van der Waals surface area contributed by atoms with Crippen LogP contribution < -0.4 is 0 Å². The molecule has 0 aliphatic carbocycles. The Morgan fingerprint density at radius 2 is 2.16 bits per heavy atom. The van der Waals surface area contributed by atoms with Crippen molar-refractivity contribution < 1.29 is 9.90 Å². The summed E-state index contributed by atoms with van der Waals surface area (Å²) in [5.74, 6) is -0.169. The number of benzene rings is 1. The predicted octanol–water partition coefficient (Wildman–Crippen LogP) is 2.74. The van der Waals surface area contributed by atoms with E-state index in [1.54, 1.807) is 35.7 Å². The lowest BCUT2D eigenvalue weighted by atomic mass is 10.1. The highest BCUT2D eigenvalue weighted by Gasteiger charge is 2.17. The third kappa shape index (κ3) is 2.93. The van der Waals surface area contributed by atoms with Gasteiger partial charge in [0.15, 0.2) is 0 Å². The van der Waals surface area contributed by atoms with Gasteiger partial charge in [-0.1, -0.05) is 11.6 Å². The highest BCUT2D eigenvalue weighted by molar-refractivity contribution is 7.09. The molecule has 2 aromatic rings.